The van der Waals surface area contributed by atoms with Gasteiger partial charge in [0.25, 0.3) is 0 Å². The van der Waals surface area contributed by atoms with Crippen molar-refractivity contribution in [1.29, 1.82) is 0 Å². The van der Waals surface area contributed by atoms with Crippen LogP contribution >= 0.6 is 0 Å². The summed E-state index contributed by atoms with van der Waals surface area (Å²) in [6.07, 6.45) is 4.50. The first-order valence-corrected chi connectivity index (χ1v) is 7.49. The van der Waals surface area contributed by atoms with Gasteiger partial charge < -0.3 is 10.8 Å². The molecule has 3 nitrogen and oxygen atoms in total. The molecule has 19 heavy (non-hydrogen) atoms. The van der Waals surface area contributed by atoms with Crippen molar-refractivity contribution in [2.75, 3.05) is 19.7 Å². The number of fused-ring (bicyclic) bond motifs is 1. The summed E-state index contributed by atoms with van der Waals surface area (Å²) < 4.78 is 0. The number of benzene rings is 1. The van der Waals surface area contributed by atoms with Crippen molar-refractivity contribution in [2.24, 2.45) is 11.7 Å². The molecule has 0 bridgehead atoms. The van der Waals surface area contributed by atoms with Gasteiger partial charge in [0.1, 0.15) is 0 Å². The van der Waals surface area contributed by atoms with Gasteiger partial charge in [-0.15, -0.1) is 0 Å². The average molecular weight is 260 g/mol. The van der Waals surface area contributed by atoms with Crippen molar-refractivity contribution in [3.05, 3.63) is 35.4 Å². The normalized spacial score (nSPS) is 31.4. The van der Waals surface area contributed by atoms with E-state index in [4.69, 9.17) is 10.8 Å². The van der Waals surface area contributed by atoms with Crippen LogP contribution in [0.2, 0.25) is 0 Å². The first-order valence-electron chi connectivity index (χ1n) is 7.49. The molecule has 3 rings (SSSR count). The molecule has 2 aliphatic rings. The Morgan fingerprint density at radius 1 is 1.26 bits per heavy atom. The van der Waals surface area contributed by atoms with Gasteiger partial charge in [0.15, 0.2) is 0 Å². The maximum atomic E-state index is 9.13. The summed E-state index contributed by atoms with van der Waals surface area (Å²) in [5, 5.41) is 9.13. The Morgan fingerprint density at radius 2 is 2.05 bits per heavy atom. The highest BCUT2D eigenvalue weighted by atomic mass is 16.3. The Bertz CT molecular complexity index is 433. The highest BCUT2D eigenvalue weighted by Gasteiger charge is 2.34. The molecule has 1 saturated heterocycles. The number of nitrogens with two attached hydrogens (primary N) is 1. The third kappa shape index (κ3) is 2.55. The van der Waals surface area contributed by atoms with Crippen LogP contribution < -0.4 is 5.73 Å². The number of aliphatic hydroxyl groups is 1. The quantitative estimate of drug-likeness (QED) is 0.876. The highest BCUT2D eigenvalue weighted by molar-refractivity contribution is 5.37. The predicted molar refractivity (Wildman–Crippen MR) is 76.7 cm³/mol. The number of likely N-dealkylation sites (tertiary alicyclic amines) is 1. The van der Waals surface area contributed by atoms with Crippen LogP contribution in [0.1, 0.15) is 48.9 Å². The van der Waals surface area contributed by atoms with Crippen LogP contribution in [0.3, 0.4) is 0 Å². The molecule has 1 aliphatic carbocycles. The Hall–Kier alpha value is -0.900. The Morgan fingerprint density at radius 3 is 2.84 bits per heavy atom. The van der Waals surface area contributed by atoms with Crippen LogP contribution in [0.25, 0.3) is 0 Å². The van der Waals surface area contributed by atoms with Gasteiger partial charge in [-0.25, -0.2) is 0 Å². The highest BCUT2D eigenvalue weighted by Crippen LogP contribution is 2.42. The minimum absolute atomic E-state index is 0.194. The van der Waals surface area contributed by atoms with E-state index in [0.717, 1.165) is 19.4 Å². The first kappa shape index (κ1) is 13.1. The number of rotatable bonds is 3. The molecule has 0 spiro atoms. The molecule has 1 aliphatic heterocycles. The molecular formula is C16H24N2O. The second-order valence-electron chi connectivity index (χ2n) is 6.00. The summed E-state index contributed by atoms with van der Waals surface area (Å²) in [5.41, 5.74) is 9.03. The monoisotopic (exact) mass is 260 g/mol. The Labute approximate surface area is 115 Å². The molecule has 3 N–H and O–H groups in total. The molecule has 1 aromatic rings. The zero-order chi connectivity index (χ0) is 13.2. The van der Waals surface area contributed by atoms with Gasteiger partial charge in [0.2, 0.25) is 0 Å². The summed E-state index contributed by atoms with van der Waals surface area (Å²) in [5.74, 6) is 0.655. The first-order chi connectivity index (χ1) is 9.29. The van der Waals surface area contributed by atoms with Gasteiger partial charge in [0.05, 0.1) is 0 Å². The molecular weight excluding hydrogens is 236 g/mol. The van der Waals surface area contributed by atoms with E-state index in [2.05, 4.69) is 29.2 Å². The number of aliphatic hydroxyl groups excluding tert-OH is 1. The van der Waals surface area contributed by atoms with Crippen LogP contribution in [-0.2, 0) is 0 Å². The van der Waals surface area contributed by atoms with Crippen molar-refractivity contribution >= 4 is 0 Å². The zero-order valence-electron chi connectivity index (χ0n) is 11.5. The van der Waals surface area contributed by atoms with E-state index in [9.17, 15) is 0 Å². The lowest BCUT2D eigenvalue weighted by molar-refractivity contribution is 0.105. The van der Waals surface area contributed by atoms with Crippen LogP contribution in [0.4, 0.5) is 0 Å². The summed E-state index contributed by atoms with van der Waals surface area (Å²) in [4.78, 5) is 2.59. The fourth-order valence-electron chi connectivity index (χ4n) is 3.79. The van der Waals surface area contributed by atoms with Gasteiger partial charge >= 0.3 is 0 Å². The zero-order valence-corrected chi connectivity index (χ0v) is 11.5. The van der Waals surface area contributed by atoms with Crippen LogP contribution in [0, 0.1) is 5.92 Å². The van der Waals surface area contributed by atoms with E-state index in [0.29, 0.717) is 18.6 Å². The second-order valence-corrected chi connectivity index (χ2v) is 6.00. The fourth-order valence-corrected chi connectivity index (χ4v) is 3.79. The lowest BCUT2D eigenvalue weighted by atomic mass is 9.93. The summed E-state index contributed by atoms with van der Waals surface area (Å²) in [6, 6.07) is 9.31. The maximum absolute atomic E-state index is 9.13. The largest absolute Gasteiger partial charge is 0.396 e. The molecule has 3 heteroatoms. The van der Waals surface area contributed by atoms with E-state index in [-0.39, 0.29) is 6.04 Å². The van der Waals surface area contributed by atoms with Crippen LogP contribution in [0.5, 0.6) is 0 Å². The number of hydrogen-bond donors (Lipinski definition) is 2. The summed E-state index contributed by atoms with van der Waals surface area (Å²) in [6.45, 7) is 2.61. The lowest BCUT2D eigenvalue weighted by Gasteiger charge is -2.37. The molecule has 3 atom stereocenters. The lowest BCUT2D eigenvalue weighted by Crippen LogP contribution is -2.38. The average Bonchev–Trinajstić information content (AvgIpc) is 2.78. The van der Waals surface area contributed by atoms with E-state index in [1.165, 1.54) is 30.5 Å². The second kappa shape index (κ2) is 5.61. The van der Waals surface area contributed by atoms with Gasteiger partial charge in [-0.3, -0.25) is 4.90 Å². The van der Waals surface area contributed by atoms with Gasteiger partial charge in [-0.1, -0.05) is 24.3 Å². The van der Waals surface area contributed by atoms with E-state index in [1.807, 2.05) is 0 Å². The molecule has 0 amide bonds. The standard InChI is InChI=1S/C16H24N2O/c17-15-10-16(14-6-2-1-5-13(14)15)18-8-3-4-12(11-18)7-9-19/h1-2,5-6,12,15-16,19H,3-4,7-11,17H2. The molecule has 0 aromatic heterocycles. The molecule has 0 saturated carbocycles. The molecule has 3 unspecified atom stereocenters. The van der Waals surface area contributed by atoms with Crippen molar-refractivity contribution in [3.63, 3.8) is 0 Å². The maximum Gasteiger partial charge on any atom is 0.0434 e. The Kier molecular flexibility index (Phi) is 3.87. The molecule has 1 heterocycles. The minimum Gasteiger partial charge on any atom is -0.396 e. The van der Waals surface area contributed by atoms with Gasteiger partial charge in [-0.2, -0.15) is 0 Å². The Balaban J connectivity index is 1.76. The number of nitrogens with zero attached hydrogens (tertiary/aromatic N) is 1. The van der Waals surface area contributed by atoms with Crippen LogP contribution in [0.15, 0.2) is 24.3 Å². The van der Waals surface area contributed by atoms with Crippen molar-refractivity contribution in [3.8, 4) is 0 Å². The predicted octanol–water partition coefficient (Wildman–Crippen LogP) is 2.23. The topological polar surface area (TPSA) is 49.5 Å². The molecule has 1 fully saturated rings. The smallest absolute Gasteiger partial charge is 0.0434 e. The van der Waals surface area contributed by atoms with Crippen molar-refractivity contribution < 1.29 is 5.11 Å². The van der Waals surface area contributed by atoms with Crippen molar-refractivity contribution in [2.45, 2.75) is 37.8 Å². The minimum atomic E-state index is 0.194. The van der Waals surface area contributed by atoms with E-state index >= 15 is 0 Å². The fraction of sp³-hybridized carbons (Fsp3) is 0.625. The SMILES string of the molecule is NC1CC(N2CCCC(CCO)C2)c2ccccc21. The molecule has 0 radical (unpaired) electrons. The summed E-state index contributed by atoms with van der Waals surface area (Å²) in [7, 11) is 0. The van der Waals surface area contributed by atoms with Crippen LogP contribution in [-0.4, -0.2) is 29.7 Å². The third-order valence-electron chi connectivity index (χ3n) is 4.76. The van der Waals surface area contributed by atoms with Gasteiger partial charge in [-0.05, 0) is 49.3 Å². The number of hydrogen-bond acceptors (Lipinski definition) is 3. The van der Waals surface area contributed by atoms with Gasteiger partial charge in [0, 0.05) is 25.2 Å². The summed E-state index contributed by atoms with van der Waals surface area (Å²) >= 11 is 0. The van der Waals surface area contributed by atoms with Crippen molar-refractivity contribution in [1.82, 2.24) is 4.90 Å². The molecule has 104 valence electrons. The molecule has 1 aromatic carbocycles. The third-order valence-corrected chi connectivity index (χ3v) is 4.76. The van der Waals surface area contributed by atoms with E-state index in [1.54, 1.807) is 0 Å². The number of piperidine rings is 1. The van der Waals surface area contributed by atoms with E-state index < -0.39 is 0 Å².